The van der Waals surface area contributed by atoms with Crippen molar-refractivity contribution in [1.82, 2.24) is 10.6 Å². The van der Waals surface area contributed by atoms with Crippen LogP contribution in [-0.4, -0.2) is 24.5 Å². The molecule has 1 fully saturated rings. The van der Waals surface area contributed by atoms with E-state index in [2.05, 4.69) is 17.6 Å². The average Bonchev–Trinajstić information content (AvgIpc) is 2.64. The SMILES string of the molecule is Cc1cscc1C(=O)NC1CCNC(C)C1.Cl. The fourth-order valence-electron chi connectivity index (χ4n) is 2.12. The summed E-state index contributed by atoms with van der Waals surface area (Å²) in [4.78, 5) is 12.0. The second-order valence-corrected chi connectivity index (χ2v) is 5.26. The maximum absolute atomic E-state index is 12.0. The van der Waals surface area contributed by atoms with Crippen LogP contribution in [0.1, 0.15) is 35.7 Å². The Hall–Kier alpha value is -0.580. The van der Waals surface area contributed by atoms with Gasteiger partial charge in [0.2, 0.25) is 0 Å². The molecule has 0 aliphatic carbocycles. The van der Waals surface area contributed by atoms with Crippen LogP contribution in [0.25, 0.3) is 0 Å². The van der Waals surface area contributed by atoms with Crippen molar-refractivity contribution in [2.45, 2.75) is 38.8 Å². The molecule has 0 aromatic carbocycles. The zero-order chi connectivity index (χ0) is 11.5. The molecule has 2 N–H and O–H groups in total. The average molecular weight is 275 g/mol. The summed E-state index contributed by atoms with van der Waals surface area (Å²) in [7, 11) is 0. The molecule has 0 bridgehead atoms. The molecule has 1 aromatic heterocycles. The van der Waals surface area contributed by atoms with Crippen LogP contribution in [0.4, 0.5) is 0 Å². The van der Waals surface area contributed by atoms with Gasteiger partial charge < -0.3 is 10.6 Å². The summed E-state index contributed by atoms with van der Waals surface area (Å²) >= 11 is 1.58. The van der Waals surface area contributed by atoms with Crippen LogP contribution in [-0.2, 0) is 0 Å². The van der Waals surface area contributed by atoms with E-state index < -0.39 is 0 Å². The van der Waals surface area contributed by atoms with Crippen LogP contribution in [0, 0.1) is 6.92 Å². The lowest BCUT2D eigenvalue weighted by molar-refractivity contribution is 0.0925. The Balaban J connectivity index is 0.00000144. The van der Waals surface area contributed by atoms with Gasteiger partial charge in [0.1, 0.15) is 0 Å². The molecule has 1 aromatic rings. The van der Waals surface area contributed by atoms with Crippen molar-refractivity contribution < 1.29 is 4.79 Å². The summed E-state index contributed by atoms with van der Waals surface area (Å²) in [5.74, 6) is 0.0813. The largest absolute Gasteiger partial charge is 0.349 e. The van der Waals surface area contributed by atoms with Crippen LogP contribution in [0.15, 0.2) is 10.8 Å². The lowest BCUT2D eigenvalue weighted by Crippen LogP contribution is -2.46. The van der Waals surface area contributed by atoms with Crippen LogP contribution >= 0.6 is 23.7 Å². The van der Waals surface area contributed by atoms with Crippen molar-refractivity contribution >= 4 is 29.7 Å². The van der Waals surface area contributed by atoms with Crippen molar-refractivity contribution in [2.24, 2.45) is 0 Å². The first-order chi connectivity index (χ1) is 7.66. The highest BCUT2D eigenvalue weighted by molar-refractivity contribution is 7.08. The highest BCUT2D eigenvalue weighted by Crippen LogP contribution is 2.15. The Morgan fingerprint density at radius 2 is 2.29 bits per heavy atom. The number of carbonyl (C=O) groups excluding carboxylic acids is 1. The fraction of sp³-hybridized carbons (Fsp3) is 0.583. The van der Waals surface area contributed by atoms with Gasteiger partial charge in [-0.25, -0.2) is 0 Å². The Bertz CT molecular complexity index is 380. The van der Waals surface area contributed by atoms with E-state index >= 15 is 0 Å². The number of piperidine rings is 1. The molecule has 5 heteroatoms. The second kappa shape index (κ2) is 6.38. The minimum atomic E-state index is 0. The maximum atomic E-state index is 12.0. The first-order valence-electron chi connectivity index (χ1n) is 5.74. The summed E-state index contributed by atoms with van der Waals surface area (Å²) in [5, 5.41) is 10.4. The zero-order valence-corrected chi connectivity index (χ0v) is 11.8. The molecule has 0 spiro atoms. The normalized spacial score (nSPS) is 23.9. The standard InChI is InChI=1S/C12H18N2OS.ClH/c1-8-6-16-7-11(8)12(15)14-10-3-4-13-9(2)5-10;/h6-7,9-10,13H,3-5H2,1-2H3,(H,14,15);1H. The van der Waals surface area contributed by atoms with Crippen molar-refractivity contribution in [1.29, 1.82) is 0 Å². The van der Waals surface area contributed by atoms with E-state index in [-0.39, 0.29) is 18.3 Å². The predicted molar refractivity (Wildman–Crippen MR) is 74.3 cm³/mol. The molecule has 96 valence electrons. The van der Waals surface area contributed by atoms with Gasteiger partial charge in [0.15, 0.2) is 0 Å². The lowest BCUT2D eigenvalue weighted by atomic mass is 10.0. The van der Waals surface area contributed by atoms with E-state index in [1.807, 2.05) is 17.7 Å². The summed E-state index contributed by atoms with van der Waals surface area (Å²) in [6.07, 6.45) is 2.05. The number of thiophene rings is 1. The number of hydrogen-bond acceptors (Lipinski definition) is 3. The van der Waals surface area contributed by atoms with E-state index in [4.69, 9.17) is 0 Å². The van der Waals surface area contributed by atoms with E-state index in [0.29, 0.717) is 12.1 Å². The first kappa shape index (κ1) is 14.5. The monoisotopic (exact) mass is 274 g/mol. The molecule has 1 amide bonds. The number of aryl methyl sites for hydroxylation is 1. The molecule has 2 atom stereocenters. The number of carbonyl (C=O) groups is 1. The second-order valence-electron chi connectivity index (χ2n) is 4.52. The summed E-state index contributed by atoms with van der Waals surface area (Å²) in [6, 6.07) is 0.825. The van der Waals surface area contributed by atoms with Crippen LogP contribution < -0.4 is 10.6 Å². The van der Waals surface area contributed by atoms with Gasteiger partial charge in [0, 0.05) is 17.5 Å². The van der Waals surface area contributed by atoms with Crippen molar-refractivity contribution in [3.63, 3.8) is 0 Å². The molecule has 2 rings (SSSR count). The molecule has 2 unspecified atom stereocenters. The van der Waals surface area contributed by atoms with Crippen molar-refractivity contribution in [3.05, 3.63) is 21.9 Å². The van der Waals surface area contributed by atoms with Gasteiger partial charge in [-0.15, -0.1) is 12.4 Å². The Morgan fingerprint density at radius 1 is 1.53 bits per heavy atom. The molecule has 2 heterocycles. The van der Waals surface area contributed by atoms with Gasteiger partial charge in [0.25, 0.3) is 5.91 Å². The molecule has 1 saturated heterocycles. The third-order valence-corrected chi connectivity index (χ3v) is 3.92. The number of amides is 1. The molecular weight excluding hydrogens is 256 g/mol. The van der Waals surface area contributed by atoms with Crippen molar-refractivity contribution in [3.8, 4) is 0 Å². The Labute approximate surface area is 112 Å². The number of hydrogen-bond donors (Lipinski definition) is 2. The third-order valence-electron chi connectivity index (χ3n) is 3.06. The van der Waals surface area contributed by atoms with E-state index in [1.54, 1.807) is 11.3 Å². The lowest BCUT2D eigenvalue weighted by Gasteiger charge is -2.28. The Morgan fingerprint density at radius 3 is 2.88 bits per heavy atom. The quantitative estimate of drug-likeness (QED) is 0.869. The molecule has 0 saturated carbocycles. The highest BCUT2D eigenvalue weighted by atomic mass is 35.5. The molecule has 1 aliphatic rings. The third kappa shape index (κ3) is 3.69. The van der Waals surface area contributed by atoms with Crippen LogP contribution in [0.3, 0.4) is 0 Å². The maximum Gasteiger partial charge on any atom is 0.252 e. The molecular formula is C12H19ClN2OS. The van der Waals surface area contributed by atoms with Crippen molar-refractivity contribution in [2.75, 3.05) is 6.54 Å². The molecule has 1 aliphatic heterocycles. The van der Waals surface area contributed by atoms with Gasteiger partial charge in [-0.1, -0.05) is 0 Å². The molecule has 17 heavy (non-hydrogen) atoms. The van der Waals surface area contributed by atoms with Crippen LogP contribution in [0.5, 0.6) is 0 Å². The minimum Gasteiger partial charge on any atom is -0.349 e. The van der Waals surface area contributed by atoms with Gasteiger partial charge in [-0.05, 0) is 44.2 Å². The number of nitrogens with one attached hydrogen (secondary N) is 2. The molecule has 3 nitrogen and oxygen atoms in total. The highest BCUT2D eigenvalue weighted by Gasteiger charge is 2.21. The topological polar surface area (TPSA) is 41.1 Å². The van der Waals surface area contributed by atoms with Gasteiger partial charge >= 0.3 is 0 Å². The van der Waals surface area contributed by atoms with E-state index in [1.165, 1.54) is 0 Å². The van der Waals surface area contributed by atoms with E-state index in [0.717, 1.165) is 30.5 Å². The fourth-order valence-corrected chi connectivity index (χ4v) is 2.95. The first-order valence-corrected chi connectivity index (χ1v) is 6.68. The smallest absolute Gasteiger partial charge is 0.252 e. The summed E-state index contributed by atoms with van der Waals surface area (Å²) in [6.45, 7) is 5.14. The van der Waals surface area contributed by atoms with Gasteiger partial charge in [-0.3, -0.25) is 4.79 Å². The Kier molecular flexibility index (Phi) is 5.43. The van der Waals surface area contributed by atoms with Gasteiger partial charge in [-0.2, -0.15) is 11.3 Å². The number of rotatable bonds is 2. The number of halogens is 1. The van der Waals surface area contributed by atoms with E-state index in [9.17, 15) is 4.79 Å². The predicted octanol–water partition coefficient (Wildman–Crippen LogP) is 2.35. The summed E-state index contributed by atoms with van der Waals surface area (Å²) < 4.78 is 0. The minimum absolute atomic E-state index is 0. The summed E-state index contributed by atoms with van der Waals surface area (Å²) in [5.41, 5.74) is 1.90. The molecule has 0 radical (unpaired) electrons. The zero-order valence-electron chi connectivity index (χ0n) is 10.2. The van der Waals surface area contributed by atoms with Crippen LogP contribution in [0.2, 0.25) is 0 Å². The van der Waals surface area contributed by atoms with Gasteiger partial charge in [0.05, 0.1) is 5.56 Å².